The van der Waals surface area contributed by atoms with Crippen LogP contribution in [0.5, 0.6) is 0 Å². The van der Waals surface area contributed by atoms with E-state index >= 15 is 0 Å². The number of benzene rings is 1. The normalized spacial score (nSPS) is 11.2. The number of pyridine rings is 1. The minimum Gasteiger partial charge on any atom is -0.454 e. The monoisotopic (exact) mass is 435 g/mol. The molecule has 0 radical (unpaired) electrons. The molecular formula is C24H22FN3O4. The first-order chi connectivity index (χ1) is 15.3. The molecule has 8 heteroatoms. The number of halogens is 1. The average Bonchev–Trinajstić information content (AvgIpc) is 3.30. The van der Waals surface area contributed by atoms with E-state index in [0.717, 1.165) is 17.9 Å². The summed E-state index contributed by atoms with van der Waals surface area (Å²) in [6.07, 6.45) is 0. The van der Waals surface area contributed by atoms with Crippen LogP contribution in [0.4, 0.5) is 4.39 Å². The molecule has 0 aliphatic rings. The first-order valence-electron chi connectivity index (χ1n) is 10.2. The summed E-state index contributed by atoms with van der Waals surface area (Å²) in [5.41, 5.74) is 4.16. The highest BCUT2D eigenvalue weighted by Gasteiger charge is 2.22. The van der Waals surface area contributed by atoms with E-state index in [1.54, 1.807) is 25.1 Å². The number of rotatable bonds is 6. The second-order valence-electron chi connectivity index (χ2n) is 7.54. The Balaban J connectivity index is 1.63. The van der Waals surface area contributed by atoms with Crippen LogP contribution in [0, 0.1) is 26.6 Å². The summed E-state index contributed by atoms with van der Waals surface area (Å²) in [6, 6.07) is 9.04. The molecule has 7 nitrogen and oxygen atoms in total. The van der Waals surface area contributed by atoms with Gasteiger partial charge in [0.05, 0.1) is 22.3 Å². The highest BCUT2D eigenvalue weighted by atomic mass is 19.1. The van der Waals surface area contributed by atoms with Crippen molar-refractivity contribution < 1.29 is 23.2 Å². The van der Waals surface area contributed by atoms with Crippen LogP contribution in [0.25, 0.3) is 22.4 Å². The zero-order valence-corrected chi connectivity index (χ0v) is 18.2. The van der Waals surface area contributed by atoms with E-state index in [1.807, 2.05) is 25.3 Å². The molecule has 4 rings (SSSR count). The Bertz CT molecular complexity index is 1340. The van der Waals surface area contributed by atoms with E-state index in [2.05, 4.69) is 10.1 Å². The van der Waals surface area contributed by atoms with Crippen molar-refractivity contribution in [2.45, 2.75) is 34.2 Å². The zero-order chi connectivity index (χ0) is 23.0. The van der Waals surface area contributed by atoms with E-state index in [-0.39, 0.29) is 22.9 Å². The summed E-state index contributed by atoms with van der Waals surface area (Å²) in [5, 5.41) is 4.30. The maximum absolute atomic E-state index is 13.3. The second-order valence-corrected chi connectivity index (χ2v) is 7.54. The molecule has 0 spiro atoms. The number of Topliss-reactive ketones (excluding diaryl/α,β-unsaturated/α-hetero) is 1. The third-order valence-electron chi connectivity index (χ3n) is 5.50. The summed E-state index contributed by atoms with van der Waals surface area (Å²) in [5.74, 6) is -1.35. The fourth-order valence-corrected chi connectivity index (χ4v) is 3.88. The number of carbonyl (C=O) groups excluding carboxylic acids is 2. The molecule has 0 saturated carbocycles. The van der Waals surface area contributed by atoms with Gasteiger partial charge in [-0.25, -0.2) is 14.2 Å². The number of nitrogens with zero attached hydrogens (tertiary/aromatic N) is 3. The molecule has 0 unspecified atom stereocenters. The van der Waals surface area contributed by atoms with Gasteiger partial charge in [-0.05, 0) is 64.1 Å². The molecule has 3 heterocycles. The lowest BCUT2D eigenvalue weighted by Gasteiger charge is -2.08. The molecule has 3 aromatic heterocycles. The Morgan fingerprint density at radius 1 is 1.09 bits per heavy atom. The number of hydrogen-bond donors (Lipinski definition) is 0. The van der Waals surface area contributed by atoms with E-state index < -0.39 is 12.6 Å². The summed E-state index contributed by atoms with van der Waals surface area (Å²) in [4.78, 5) is 30.1. The van der Waals surface area contributed by atoms with E-state index in [4.69, 9.17) is 9.26 Å². The molecule has 164 valence electrons. The SMILES string of the molecule is CCn1c(C)cc(C(=O)COC(=O)c2cc(-c3ccc(F)cc3)nc3onc(C)c23)c1C. The molecule has 0 bridgehead atoms. The molecule has 0 atom stereocenters. The topological polar surface area (TPSA) is 87.2 Å². The van der Waals surface area contributed by atoms with E-state index in [9.17, 15) is 14.0 Å². The number of fused-ring (bicyclic) bond motifs is 1. The first kappa shape index (κ1) is 21.4. The Morgan fingerprint density at radius 3 is 2.47 bits per heavy atom. The molecular weight excluding hydrogens is 413 g/mol. The molecule has 1 aromatic carbocycles. The van der Waals surface area contributed by atoms with Gasteiger partial charge in [0.25, 0.3) is 5.71 Å². The van der Waals surface area contributed by atoms with Gasteiger partial charge in [0, 0.05) is 29.1 Å². The highest BCUT2D eigenvalue weighted by Crippen LogP contribution is 2.28. The number of ether oxygens (including phenoxy) is 1. The molecule has 0 aliphatic carbocycles. The Labute approximate surface area is 183 Å². The Morgan fingerprint density at radius 2 is 1.81 bits per heavy atom. The minimum absolute atomic E-state index is 0.161. The maximum Gasteiger partial charge on any atom is 0.339 e. The van der Waals surface area contributed by atoms with Crippen LogP contribution in [-0.4, -0.2) is 33.1 Å². The predicted molar refractivity (Wildman–Crippen MR) is 116 cm³/mol. The van der Waals surface area contributed by atoms with Gasteiger partial charge in [0.15, 0.2) is 6.61 Å². The molecule has 32 heavy (non-hydrogen) atoms. The molecule has 0 N–H and O–H groups in total. The largest absolute Gasteiger partial charge is 0.454 e. The molecule has 0 saturated heterocycles. The zero-order valence-electron chi connectivity index (χ0n) is 18.2. The lowest BCUT2D eigenvalue weighted by atomic mass is 10.1. The average molecular weight is 435 g/mol. The number of ketones is 1. The summed E-state index contributed by atoms with van der Waals surface area (Å²) < 4.78 is 25.9. The lowest BCUT2D eigenvalue weighted by Crippen LogP contribution is -2.15. The van der Waals surface area contributed by atoms with Gasteiger partial charge >= 0.3 is 5.97 Å². The van der Waals surface area contributed by atoms with Crippen LogP contribution in [0.2, 0.25) is 0 Å². The molecule has 4 aromatic rings. The van der Waals surface area contributed by atoms with E-state index in [1.165, 1.54) is 18.2 Å². The van der Waals surface area contributed by atoms with Crippen molar-refractivity contribution in [3.05, 3.63) is 70.4 Å². The Kier molecular flexibility index (Phi) is 5.61. The van der Waals surface area contributed by atoms with E-state index in [0.29, 0.717) is 27.9 Å². The quantitative estimate of drug-likeness (QED) is 0.319. The van der Waals surface area contributed by atoms with Gasteiger partial charge in [-0.15, -0.1) is 0 Å². The van der Waals surface area contributed by atoms with Crippen LogP contribution in [0.3, 0.4) is 0 Å². The van der Waals surface area contributed by atoms with Crippen molar-refractivity contribution in [2.75, 3.05) is 6.61 Å². The van der Waals surface area contributed by atoms with Crippen molar-refractivity contribution in [1.82, 2.24) is 14.7 Å². The minimum atomic E-state index is -0.690. The van der Waals surface area contributed by atoms with Crippen molar-refractivity contribution in [3.8, 4) is 11.3 Å². The standard InChI is InChI=1S/C24H22FN3O4/c1-5-28-13(2)10-18(15(28)4)21(29)12-31-24(30)19-11-20(16-6-8-17(25)9-7-16)26-23-22(19)14(3)27-32-23/h6-11H,5,12H2,1-4H3. The van der Waals surface area contributed by atoms with Gasteiger partial charge in [-0.1, -0.05) is 5.16 Å². The van der Waals surface area contributed by atoms with Crippen molar-refractivity contribution in [1.29, 1.82) is 0 Å². The number of aromatic nitrogens is 3. The maximum atomic E-state index is 13.3. The van der Waals surface area contributed by atoms with Gasteiger partial charge in [-0.2, -0.15) is 0 Å². The van der Waals surface area contributed by atoms with Crippen molar-refractivity contribution in [3.63, 3.8) is 0 Å². The van der Waals surface area contributed by atoms with Gasteiger partial charge in [0.1, 0.15) is 5.82 Å². The highest BCUT2D eigenvalue weighted by molar-refractivity contribution is 6.06. The van der Waals surface area contributed by atoms with Crippen LogP contribution >= 0.6 is 0 Å². The number of carbonyl (C=O) groups is 2. The van der Waals surface area contributed by atoms with Crippen LogP contribution in [0.15, 0.2) is 40.9 Å². The smallest absolute Gasteiger partial charge is 0.339 e. The number of esters is 1. The second kappa shape index (κ2) is 8.37. The third-order valence-corrected chi connectivity index (χ3v) is 5.50. The summed E-state index contributed by atoms with van der Waals surface area (Å²) >= 11 is 0. The third kappa shape index (κ3) is 3.79. The van der Waals surface area contributed by atoms with Crippen LogP contribution < -0.4 is 0 Å². The van der Waals surface area contributed by atoms with Crippen LogP contribution in [-0.2, 0) is 11.3 Å². The molecule has 0 fully saturated rings. The van der Waals surface area contributed by atoms with Crippen molar-refractivity contribution >= 4 is 22.9 Å². The van der Waals surface area contributed by atoms with Gasteiger partial charge in [-0.3, -0.25) is 4.79 Å². The number of hydrogen-bond acceptors (Lipinski definition) is 6. The fraction of sp³-hybridized carbons (Fsp3) is 0.250. The first-order valence-corrected chi connectivity index (χ1v) is 10.2. The molecule has 0 aliphatic heterocycles. The van der Waals surface area contributed by atoms with Gasteiger partial charge < -0.3 is 13.8 Å². The lowest BCUT2D eigenvalue weighted by molar-refractivity contribution is 0.0476. The van der Waals surface area contributed by atoms with Crippen LogP contribution in [0.1, 0.15) is 44.7 Å². The summed E-state index contributed by atoms with van der Waals surface area (Å²) in [6.45, 7) is 7.84. The fourth-order valence-electron chi connectivity index (χ4n) is 3.88. The van der Waals surface area contributed by atoms with Gasteiger partial charge in [0.2, 0.25) is 5.78 Å². The number of aryl methyl sites for hydroxylation is 2. The predicted octanol–water partition coefficient (Wildman–Crippen LogP) is 4.82. The summed E-state index contributed by atoms with van der Waals surface area (Å²) in [7, 11) is 0. The Hall–Kier alpha value is -3.81. The molecule has 0 amide bonds. The van der Waals surface area contributed by atoms with Crippen molar-refractivity contribution in [2.24, 2.45) is 0 Å².